The molecule has 6 bridgehead atoms. The van der Waals surface area contributed by atoms with E-state index in [0.29, 0.717) is 41.9 Å². The Morgan fingerprint density at radius 2 is 1.67 bits per heavy atom. The summed E-state index contributed by atoms with van der Waals surface area (Å²) >= 11 is 3.34. The lowest BCUT2D eigenvalue weighted by atomic mass is 9.72. The van der Waals surface area contributed by atoms with Gasteiger partial charge in [-0.1, -0.05) is 20.8 Å². The summed E-state index contributed by atoms with van der Waals surface area (Å²) in [5, 5.41) is 25.8. The van der Waals surface area contributed by atoms with Crippen LogP contribution in [0.3, 0.4) is 0 Å². The normalized spacial score (nSPS) is 39.9. The first-order chi connectivity index (χ1) is 35.4. The Balaban J connectivity index is 1.10. The van der Waals surface area contributed by atoms with Crippen LogP contribution >= 0.6 is 34.4 Å². The number of methoxy groups -OCH3 is 2. The van der Waals surface area contributed by atoms with E-state index in [0.717, 1.165) is 0 Å². The Kier molecular flexibility index (Phi) is 17.6. The van der Waals surface area contributed by atoms with Gasteiger partial charge in [0.1, 0.15) is 28.8 Å². The van der Waals surface area contributed by atoms with E-state index in [1.54, 1.807) is 58.5 Å². The predicted octanol–water partition coefficient (Wildman–Crippen LogP) is 4.77. The van der Waals surface area contributed by atoms with E-state index >= 15 is 4.79 Å². The van der Waals surface area contributed by atoms with Gasteiger partial charge in [-0.25, -0.2) is 9.97 Å². The van der Waals surface area contributed by atoms with E-state index in [2.05, 4.69) is 20.3 Å². The largest absolute Gasteiger partial charge is 0.453 e. The number of nitrogens with two attached hydrogens (primary N) is 1. The summed E-state index contributed by atoms with van der Waals surface area (Å²) in [6.45, 7) is 12.9. The maximum atomic E-state index is 15.2. The van der Waals surface area contributed by atoms with Crippen molar-refractivity contribution < 1.29 is 67.3 Å². The Bertz CT molecular complexity index is 2550. The number of hydrogen-bond acceptors (Lipinski definition) is 20. The topological polar surface area (TPSA) is 267 Å². The van der Waals surface area contributed by atoms with E-state index < -0.39 is 129 Å². The highest BCUT2D eigenvalue weighted by molar-refractivity contribution is 14.1. The number of hydrogen-bond donors (Lipinski definition) is 4. The molecule has 8 heterocycles. The summed E-state index contributed by atoms with van der Waals surface area (Å²) in [6, 6.07) is 2.93. The summed E-state index contributed by atoms with van der Waals surface area (Å²) in [6.07, 6.45) is -0.284. The van der Waals surface area contributed by atoms with Crippen LogP contribution in [0.5, 0.6) is 0 Å². The maximum Gasteiger partial charge on any atom is 0.320 e. The smallest absolute Gasteiger partial charge is 0.320 e. The van der Waals surface area contributed by atoms with Crippen LogP contribution in [0.2, 0.25) is 0 Å². The number of aromatic nitrogens is 4. The summed E-state index contributed by atoms with van der Waals surface area (Å²) in [7, 11) is 6.80. The van der Waals surface area contributed by atoms with Gasteiger partial charge in [-0.2, -0.15) is 0 Å². The number of anilines is 2. The summed E-state index contributed by atoms with van der Waals surface area (Å²) < 4.78 is 53.1. The number of imidazole rings is 1. The van der Waals surface area contributed by atoms with Crippen LogP contribution in [-0.2, 0) is 58.8 Å². The number of fused-ring (bicyclic) bond motifs is 8. The average molecular weight is 1180 g/mol. The van der Waals surface area contributed by atoms with Gasteiger partial charge in [0.2, 0.25) is 0 Å². The number of halogens is 1. The number of ether oxygens (including phenoxy) is 8. The number of carbonyl (C=O) groups excluding carboxylic acids is 4. The molecule has 414 valence electrons. The highest BCUT2D eigenvalue weighted by atomic mass is 127. The number of likely N-dealkylation sites (N-methyl/N-ethyl adjacent to an activating group) is 1. The second-order valence-electron chi connectivity index (χ2n) is 21.9. The Morgan fingerprint density at radius 3 is 2.35 bits per heavy atom. The van der Waals surface area contributed by atoms with Crippen molar-refractivity contribution >= 4 is 80.5 Å². The van der Waals surface area contributed by atoms with Gasteiger partial charge in [-0.15, -0.1) is 11.8 Å². The van der Waals surface area contributed by atoms with Crippen LogP contribution in [0.4, 0.5) is 11.5 Å². The molecule has 19 atom stereocenters. The SMILES string of the molecule is CO[C@]1(C)C[C@@H](C)C(=O)[C@H](C)[C@H]2[C@H](SCCCn3cnc4c(N)ncc(C(=O)Nc5ccncc5)c43)C(=O)O[C@]2(C)[C@@H](I)OC(=O)[C@H](C)[C@H]2O[C@H]3C[C@@](C)(OC)[C@@H](O)[C@H](C[C@@H]4C[C@H](N(C)C)[C@@H](O)[C@@H](O4)O[C@@H]1[C@H]2C)O3. The molecule has 21 nitrogen and oxygen atoms in total. The molecule has 3 aromatic rings. The molecule has 5 saturated heterocycles. The number of nitrogen functional groups attached to an aromatic ring is 1. The number of alkyl halides is 1. The van der Waals surface area contributed by atoms with Crippen molar-refractivity contribution in [2.24, 2.45) is 29.6 Å². The third kappa shape index (κ3) is 11.3. The minimum Gasteiger partial charge on any atom is -0.453 e. The fraction of sp³-hybridized carbons (Fsp3) is 0.712. The number of aliphatic hydroxyl groups is 2. The molecule has 8 rings (SSSR count). The summed E-state index contributed by atoms with van der Waals surface area (Å²) in [5.41, 5.74) is 4.06. The standard InChI is InChI=1S/C52H74IN7O14S/c1-25-21-51(6,68-11)43-27(3)40(71-34-22-50(5,67-10)42(63)33(70-34)20-30-19-32(59(8)9)39(62)48(69-30)72-43)28(4)46(65)73-49(53)52(7)35(26(2)38(25)61)41(47(66)74-52)75-18-12-17-60-24-57-36-37(60)31(23-56-44(36)54)45(64)58-29-13-15-55-16-14-29/h13-16,23-28,30,32-35,39-43,48-49,62-63H,12,17-22H2,1-11H3,(H2,54,56)(H,55,58,64)/t25-,26-,27+,28-,30+,32+,33+,34+,35+,39-,40+,41+,42+,43-,48+,49+,50-,51-,52+/m1/s1. The number of thioether (sulfide) groups is 1. The monoisotopic (exact) mass is 1180 g/mol. The molecule has 3 aromatic heterocycles. The van der Waals surface area contributed by atoms with Gasteiger partial charge in [0.15, 0.2) is 28.1 Å². The second kappa shape index (κ2) is 23.0. The molecule has 5 fully saturated rings. The quantitative estimate of drug-likeness (QED) is 0.0921. The molecule has 23 heteroatoms. The van der Waals surface area contributed by atoms with Crippen LogP contribution < -0.4 is 11.1 Å². The number of nitrogens with zero attached hydrogens (tertiary/aromatic N) is 5. The molecule has 1 amide bonds. The van der Waals surface area contributed by atoms with Gasteiger partial charge in [-0.3, -0.25) is 24.2 Å². The van der Waals surface area contributed by atoms with Gasteiger partial charge in [-0.05, 0) is 102 Å². The van der Waals surface area contributed by atoms with Crippen molar-refractivity contribution in [1.29, 1.82) is 0 Å². The lowest BCUT2D eigenvalue weighted by Crippen LogP contribution is -2.63. The number of aryl methyl sites for hydroxylation is 1. The molecule has 0 aromatic carbocycles. The zero-order valence-corrected chi connectivity index (χ0v) is 47.5. The number of carbonyl (C=O) groups is 4. The number of ketones is 1. The first-order valence-electron chi connectivity index (χ1n) is 25.7. The van der Waals surface area contributed by atoms with Crippen molar-refractivity contribution in [2.45, 2.75) is 169 Å². The summed E-state index contributed by atoms with van der Waals surface area (Å²) in [5.74, 6) is -5.20. The lowest BCUT2D eigenvalue weighted by molar-refractivity contribution is -0.339. The zero-order valence-electron chi connectivity index (χ0n) is 44.5. The van der Waals surface area contributed by atoms with Crippen molar-refractivity contribution in [3.8, 4) is 0 Å². The minimum absolute atomic E-state index is 0.107. The molecule has 0 unspecified atom stereocenters. The van der Waals surface area contributed by atoms with Gasteiger partial charge in [0.05, 0.1) is 58.9 Å². The summed E-state index contributed by atoms with van der Waals surface area (Å²) in [4.78, 5) is 72.5. The third-order valence-electron chi connectivity index (χ3n) is 16.6. The van der Waals surface area contributed by atoms with Gasteiger partial charge >= 0.3 is 11.9 Å². The van der Waals surface area contributed by atoms with Crippen LogP contribution in [0.15, 0.2) is 37.1 Å². The zero-order chi connectivity index (χ0) is 54.5. The Hall–Kier alpha value is -3.63. The number of cyclic esters (lactones) is 1. The molecule has 0 saturated carbocycles. The first kappa shape index (κ1) is 57.5. The Morgan fingerprint density at radius 1 is 0.960 bits per heavy atom. The molecule has 5 aliphatic heterocycles. The van der Waals surface area contributed by atoms with Crippen LogP contribution in [0.1, 0.15) is 90.9 Å². The molecule has 0 aliphatic carbocycles. The van der Waals surface area contributed by atoms with Crippen LogP contribution in [0, 0.1) is 29.6 Å². The van der Waals surface area contributed by atoms with Crippen molar-refractivity contribution in [3.63, 3.8) is 0 Å². The highest BCUT2D eigenvalue weighted by Crippen LogP contribution is 2.50. The molecular weight excluding hydrogens is 1110 g/mol. The maximum absolute atomic E-state index is 15.2. The molecule has 5 aliphatic rings. The van der Waals surface area contributed by atoms with E-state index in [9.17, 15) is 24.6 Å². The number of esters is 2. The second-order valence-corrected chi connectivity index (χ2v) is 24.3. The van der Waals surface area contributed by atoms with Crippen molar-refractivity contribution in [1.82, 2.24) is 24.4 Å². The minimum atomic E-state index is -1.47. The number of pyridine rings is 2. The average Bonchev–Trinajstić information content (AvgIpc) is 3.92. The van der Waals surface area contributed by atoms with Crippen LogP contribution in [-0.4, -0.2) is 174 Å². The fourth-order valence-corrected chi connectivity index (χ4v) is 14.4. The number of nitrogens with one attached hydrogen (secondary N) is 1. The number of rotatable bonds is 10. The van der Waals surface area contributed by atoms with E-state index in [4.69, 9.17) is 43.6 Å². The van der Waals surface area contributed by atoms with Gasteiger partial charge in [0.25, 0.3) is 5.91 Å². The van der Waals surface area contributed by atoms with Gasteiger partial charge in [0, 0.05) is 87.6 Å². The van der Waals surface area contributed by atoms with Crippen molar-refractivity contribution in [2.75, 3.05) is 45.1 Å². The molecule has 0 spiro atoms. The highest BCUT2D eigenvalue weighted by Gasteiger charge is 2.62. The van der Waals surface area contributed by atoms with E-state index in [-0.39, 0.29) is 36.4 Å². The van der Waals surface area contributed by atoms with Gasteiger partial charge < -0.3 is 68.6 Å². The fourth-order valence-electron chi connectivity index (χ4n) is 12.2. The van der Waals surface area contributed by atoms with E-state index in [1.165, 1.54) is 32.2 Å². The lowest BCUT2D eigenvalue weighted by Gasteiger charge is -2.52. The first-order valence-corrected chi connectivity index (χ1v) is 28.0. The molecular formula is C52H74IN7O14S. The third-order valence-corrected chi connectivity index (χ3v) is 19.5. The molecule has 75 heavy (non-hydrogen) atoms. The molecule has 0 radical (unpaired) electrons. The number of amides is 1. The van der Waals surface area contributed by atoms with Crippen molar-refractivity contribution in [3.05, 3.63) is 42.6 Å². The van der Waals surface area contributed by atoms with E-state index in [1.807, 2.05) is 66.9 Å². The Labute approximate surface area is 455 Å². The molecule has 5 N–H and O–H groups in total. The van der Waals surface area contributed by atoms with Crippen LogP contribution in [0.25, 0.3) is 11.0 Å². The predicted molar refractivity (Wildman–Crippen MR) is 284 cm³/mol. The number of aliphatic hydroxyl groups excluding tert-OH is 2. The number of Topliss-reactive ketones (excluding diaryl/α,β-unsaturated/α-hetero) is 1.